The van der Waals surface area contributed by atoms with Crippen molar-refractivity contribution in [2.45, 2.75) is 58.4 Å². The van der Waals surface area contributed by atoms with Crippen molar-refractivity contribution in [3.05, 3.63) is 47.4 Å². The van der Waals surface area contributed by atoms with Crippen molar-refractivity contribution in [3.8, 4) is 11.4 Å². The van der Waals surface area contributed by atoms with Crippen LogP contribution in [0.15, 0.2) is 30.7 Å². The fourth-order valence-corrected chi connectivity index (χ4v) is 6.98. The Morgan fingerprint density at radius 3 is 2.43 bits per heavy atom. The average molecular weight is 421 g/mol. The van der Waals surface area contributed by atoms with Crippen LogP contribution in [0.5, 0.6) is 0 Å². The molecule has 28 heavy (non-hydrogen) atoms. The van der Waals surface area contributed by atoms with E-state index in [2.05, 4.69) is 35.7 Å². The maximum absolute atomic E-state index is 15.5. The van der Waals surface area contributed by atoms with Crippen LogP contribution in [0.3, 0.4) is 0 Å². The number of hydrogen-bond acceptors (Lipinski definition) is 4. The first-order valence-corrected chi connectivity index (χ1v) is 12.5. The van der Waals surface area contributed by atoms with Gasteiger partial charge in [0, 0.05) is 18.0 Å². The third-order valence-corrected chi connectivity index (χ3v) is 10.6. The quantitative estimate of drug-likeness (QED) is 0.356. The normalized spacial score (nSPS) is 12.7. The molecule has 0 bridgehead atoms. The van der Waals surface area contributed by atoms with Crippen LogP contribution in [0.2, 0.25) is 23.4 Å². The molecule has 0 saturated carbocycles. The van der Waals surface area contributed by atoms with Gasteiger partial charge in [-0.25, -0.2) is 19.3 Å². The first-order valence-electron chi connectivity index (χ1n) is 9.62. The standard InChI is InChI=1S/C20H26ClFN4OSi/c1-6-28(7-2,8-3)27-20(4,5)14-10-12-26-16(13-24-18(26)17(14)22)15-9-11-23-19(21)25-15/h9-13H,6-8H2,1-5H3. The highest BCUT2D eigenvalue weighted by atomic mass is 35.5. The van der Waals surface area contributed by atoms with Crippen LogP contribution in [0.1, 0.15) is 40.2 Å². The summed E-state index contributed by atoms with van der Waals surface area (Å²) >= 11 is 5.89. The lowest BCUT2D eigenvalue weighted by atomic mass is 9.99. The molecule has 0 spiro atoms. The SMILES string of the molecule is CC[Si](CC)(CC)OC(C)(C)c1ccn2c(-c3ccnc(Cl)n3)cnc2c1F. The minimum Gasteiger partial charge on any atom is -0.408 e. The van der Waals surface area contributed by atoms with Gasteiger partial charge in [-0.3, -0.25) is 4.40 Å². The number of aromatic nitrogens is 4. The third-order valence-electron chi connectivity index (χ3n) is 5.56. The minimum absolute atomic E-state index is 0.138. The highest BCUT2D eigenvalue weighted by Crippen LogP contribution is 2.36. The molecule has 0 aliphatic heterocycles. The second-order valence-corrected chi connectivity index (χ2v) is 12.5. The van der Waals surface area contributed by atoms with Gasteiger partial charge < -0.3 is 4.43 Å². The molecule has 0 amide bonds. The van der Waals surface area contributed by atoms with Crippen molar-refractivity contribution >= 4 is 25.6 Å². The Hall–Kier alpha value is -1.83. The second-order valence-electron chi connectivity index (χ2n) is 7.45. The molecule has 0 radical (unpaired) electrons. The highest BCUT2D eigenvalue weighted by molar-refractivity contribution is 6.73. The molecule has 3 heterocycles. The zero-order chi connectivity index (χ0) is 20.5. The monoisotopic (exact) mass is 420 g/mol. The van der Waals surface area contributed by atoms with Crippen molar-refractivity contribution in [2.75, 3.05) is 0 Å². The largest absolute Gasteiger partial charge is 0.408 e. The predicted molar refractivity (Wildman–Crippen MR) is 112 cm³/mol. The summed E-state index contributed by atoms with van der Waals surface area (Å²) in [5, 5.41) is 0.138. The average Bonchev–Trinajstić information content (AvgIpc) is 3.11. The van der Waals surface area contributed by atoms with Crippen LogP contribution < -0.4 is 0 Å². The lowest BCUT2D eigenvalue weighted by Crippen LogP contribution is -2.43. The van der Waals surface area contributed by atoms with Gasteiger partial charge in [0.25, 0.3) is 0 Å². The van der Waals surface area contributed by atoms with E-state index in [-0.39, 0.29) is 16.7 Å². The fourth-order valence-electron chi connectivity index (χ4n) is 3.71. The fraction of sp³-hybridized carbons (Fsp3) is 0.450. The summed E-state index contributed by atoms with van der Waals surface area (Å²) in [7, 11) is -1.91. The van der Waals surface area contributed by atoms with Gasteiger partial charge in [-0.05, 0) is 55.7 Å². The molecule has 0 saturated heterocycles. The van der Waals surface area contributed by atoms with Gasteiger partial charge in [-0.1, -0.05) is 20.8 Å². The zero-order valence-electron chi connectivity index (χ0n) is 17.0. The number of hydrogen-bond donors (Lipinski definition) is 0. The molecule has 3 aromatic heterocycles. The predicted octanol–water partition coefficient (Wildman–Crippen LogP) is 5.84. The zero-order valence-corrected chi connectivity index (χ0v) is 18.7. The number of pyridine rings is 1. The van der Waals surface area contributed by atoms with Crippen molar-refractivity contribution in [2.24, 2.45) is 0 Å². The third kappa shape index (κ3) is 3.71. The number of rotatable bonds is 7. The number of nitrogens with zero attached hydrogens (tertiary/aromatic N) is 4. The van der Waals surface area contributed by atoms with Gasteiger partial charge >= 0.3 is 0 Å². The lowest BCUT2D eigenvalue weighted by molar-refractivity contribution is 0.0900. The molecule has 0 aliphatic rings. The van der Waals surface area contributed by atoms with E-state index in [1.165, 1.54) is 0 Å². The van der Waals surface area contributed by atoms with E-state index in [1.54, 1.807) is 28.9 Å². The Bertz CT molecular complexity index is 979. The Kier molecular flexibility index (Phi) is 5.88. The molecule has 0 fully saturated rings. The number of imidazole rings is 1. The highest BCUT2D eigenvalue weighted by Gasteiger charge is 2.38. The van der Waals surface area contributed by atoms with Gasteiger partial charge in [0.2, 0.25) is 5.28 Å². The molecule has 150 valence electrons. The molecular weight excluding hydrogens is 395 g/mol. The van der Waals surface area contributed by atoms with Gasteiger partial charge in [-0.2, -0.15) is 0 Å². The molecule has 0 unspecified atom stereocenters. The van der Waals surface area contributed by atoms with E-state index in [4.69, 9.17) is 16.0 Å². The molecule has 8 heteroatoms. The maximum atomic E-state index is 15.5. The molecular formula is C20H26ClFN4OSi. The lowest BCUT2D eigenvalue weighted by Gasteiger charge is -2.38. The summed E-state index contributed by atoms with van der Waals surface area (Å²) in [4.78, 5) is 12.4. The molecule has 0 aromatic carbocycles. The molecule has 3 rings (SSSR count). The Morgan fingerprint density at radius 2 is 1.82 bits per heavy atom. The topological polar surface area (TPSA) is 52.3 Å². The summed E-state index contributed by atoms with van der Waals surface area (Å²) in [5.74, 6) is -0.370. The smallest absolute Gasteiger partial charge is 0.222 e. The Labute approximate surface area is 171 Å². The van der Waals surface area contributed by atoms with Crippen LogP contribution in [0.4, 0.5) is 4.39 Å². The van der Waals surface area contributed by atoms with Crippen LogP contribution in [0.25, 0.3) is 17.0 Å². The van der Waals surface area contributed by atoms with E-state index in [9.17, 15) is 0 Å². The van der Waals surface area contributed by atoms with E-state index < -0.39 is 13.9 Å². The summed E-state index contributed by atoms with van der Waals surface area (Å²) in [6, 6.07) is 6.52. The van der Waals surface area contributed by atoms with E-state index in [0.717, 1.165) is 18.1 Å². The van der Waals surface area contributed by atoms with Crippen molar-refractivity contribution in [3.63, 3.8) is 0 Å². The number of fused-ring (bicyclic) bond motifs is 1. The van der Waals surface area contributed by atoms with E-state index in [1.807, 2.05) is 20.0 Å². The van der Waals surface area contributed by atoms with Crippen LogP contribution in [-0.2, 0) is 10.0 Å². The summed E-state index contributed by atoms with van der Waals surface area (Å²) in [5.41, 5.74) is 1.28. The molecule has 0 N–H and O–H groups in total. The number of halogens is 2. The summed E-state index contributed by atoms with van der Waals surface area (Å²) in [6.45, 7) is 10.4. The first-order chi connectivity index (χ1) is 13.3. The Morgan fingerprint density at radius 1 is 1.14 bits per heavy atom. The maximum Gasteiger partial charge on any atom is 0.222 e. The van der Waals surface area contributed by atoms with Gasteiger partial charge in [0.15, 0.2) is 19.8 Å². The van der Waals surface area contributed by atoms with Crippen LogP contribution >= 0.6 is 11.6 Å². The second kappa shape index (κ2) is 7.89. The molecule has 0 atom stereocenters. The summed E-state index contributed by atoms with van der Waals surface area (Å²) < 4.78 is 23.8. The molecule has 0 aliphatic carbocycles. The van der Waals surface area contributed by atoms with Crippen molar-refractivity contribution in [1.29, 1.82) is 0 Å². The van der Waals surface area contributed by atoms with Crippen molar-refractivity contribution in [1.82, 2.24) is 19.4 Å². The van der Waals surface area contributed by atoms with Gasteiger partial charge in [0.05, 0.1) is 23.2 Å². The first kappa shape index (κ1) is 20.9. The van der Waals surface area contributed by atoms with E-state index >= 15 is 4.39 Å². The summed E-state index contributed by atoms with van der Waals surface area (Å²) in [6.07, 6.45) is 4.97. The molecule has 5 nitrogen and oxygen atoms in total. The Balaban J connectivity index is 2.06. The minimum atomic E-state index is -1.91. The van der Waals surface area contributed by atoms with Gasteiger partial charge in [0.1, 0.15) is 0 Å². The van der Waals surface area contributed by atoms with Crippen LogP contribution in [0, 0.1) is 5.82 Å². The van der Waals surface area contributed by atoms with Crippen LogP contribution in [-0.4, -0.2) is 27.7 Å². The van der Waals surface area contributed by atoms with Crippen molar-refractivity contribution < 1.29 is 8.82 Å². The molecule has 3 aromatic rings. The van der Waals surface area contributed by atoms with E-state index in [0.29, 0.717) is 17.0 Å². The van der Waals surface area contributed by atoms with Gasteiger partial charge in [-0.15, -0.1) is 0 Å².